The van der Waals surface area contributed by atoms with Gasteiger partial charge >= 0.3 is 0 Å². The van der Waals surface area contributed by atoms with Crippen molar-refractivity contribution in [2.75, 3.05) is 7.11 Å². The summed E-state index contributed by atoms with van der Waals surface area (Å²) in [5, 5.41) is 0.807. The van der Waals surface area contributed by atoms with Gasteiger partial charge in [0, 0.05) is 10.6 Å². The van der Waals surface area contributed by atoms with Gasteiger partial charge in [-0.15, -0.1) is 0 Å². The predicted octanol–water partition coefficient (Wildman–Crippen LogP) is 5.23. The summed E-state index contributed by atoms with van der Waals surface area (Å²) in [5.41, 5.74) is 2.56. The normalized spacial score (nSPS) is 12.7. The van der Waals surface area contributed by atoms with Crippen molar-refractivity contribution in [3.8, 4) is 5.75 Å². The Labute approximate surface area is 116 Å². The van der Waals surface area contributed by atoms with E-state index in [0.29, 0.717) is 0 Å². The second kappa shape index (κ2) is 5.13. The van der Waals surface area contributed by atoms with E-state index >= 15 is 0 Å². The van der Waals surface area contributed by atoms with Crippen LogP contribution in [0.3, 0.4) is 0 Å². The zero-order valence-electron chi connectivity index (χ0n) is 12.6. The lowest BCUT2D eigenvalue weighted by atomic mass is 9.83. The molecule has 1 rings (SSSR count). The van der Waals surface area contributed by atoms with Gasteiger partial charge in [-0.2, -0.15) is 0 Å². The highest BCUT2D eigenvalue weighted by Crippen LogP contribution is 2.39. The van der Waals surface area contributed by atoms with Gasteiger partial charge in [-0.3, -0.25) is 0 Å². The molecule has 1 aromatic rings. The van der Waals surface area contributed by atoms with E-state index in [0.717, 1.165) is 22.8 Å². The van der Waals surface area contributed by atoms with Crippen LogP contribution in [0.15, 0.2) is 12.1 Å². The number of benzene rings is 1. The molecule has 0 spiro atoms. The molecule has 0 fully saturated rings. The van der Waals surface area contributed by atoms with Gasteiger partial charge in [-0.25, -0.2) is 0 Å². The first-order chi connectivity index (χ1) is 8.04. The number of methoxy groups -OCH3 is 1. The molecule has 0 heterocycles. The minimum atomic E-state index is -0.0112. The van der Waals surface area contributed by atoms with Crippen molar-refractivity contribution >= 4 is 11.6 Å². The average Bonchev–Trinajstić information content (AvgIpc) is 2.11. The topological polar surface area (TPSA) is 9.23 Å². The molecule has 1 aromatic carbocycles. The van der Waals surface area contributed by atoms with Crippen LogP contribution in [0.5, 0.6) is 5.75 Å². The predicted molar refractivity (Wildman–Crippen MR) is 79.9 cm³/mol. The molecule has 0 bridgehead atoms. The molecule has 0 saturated heterocycles. The summed E-state index contributed by atoms with van der Waals surface area (Å²) in [5.74, 6) is 0.897. The molecular formula is C16H25ClO. The molecule has 1 nitrogen and oxygen atoms in total. The summed E-state index contributed by atoms with van der Waals surface area (Å²) in [6, 6.07) is 4.20. The third-order valence-corrected chi connectivity index (χ3v) is 3.12. The zero-order valence-corrected chi connectivity index (χ0v) is 13.4. The van der Waals surface area contributed by atoms with Crippen molar-refractivity contribution in [3.63, 3.8) is 0 Å². The van der Waals surface area contributed by atoms with Crippen LogP contribution in [0.2, 0.25) is 5.02 Å². The molecule has 102 valence electrons. The molecule has 0 aliphatic carbocycles. The van der Waals surface area contributed by atoms with E-state index in [1.807, 2.05) is 0 Å². The van der Waals surface area contributed by atoms with Gasteiger partial charge in [0.05, 0.1) is 7.11 Å². The second-order valence-electron chi connectivity index (χ2n) is 7.14. The third-order valence-electron chi connectivity index (χ3n) is 2.82. The number of rotatable bonds is 2. The van der Waals surface area contributed by atoms with E-state index in [-0.39, 0.29) is 10.8 Å². The Kier molecular flexibility index (Phi) is 4.38. The minimum Gasteiger partial charge on any atom is -0.496 e. The van der Waals surface area contributed by atoms with E-state index in [4.69, 9.17) is 16.3 Å². The smallest absolute Gasteiger partial charge is 0.124 e. The molecule has 2 heteroatoms. The summed E-state index contributed by atoms with van der Waals surface area (Å²) in [4.78, 5) is 0. The molecule has 0 amide bonds. The highest BCUT2D eigenvalue weighted by Gasteiger charge is 2.24. The van der Waals surface area contributed by atoms with Gasteiger partial charge in [0.2, 0.25) is 0 Å². The fraction of sp³-hybridized carbons (Fsp3) is 0.625. The SMILES string of the molecule is COc1cc(CC(C)(C)C)cc(Cl)c1C(C)(C)C. The van der Waals surface area contributed by atoms with Crippen molar-refractivity contribution < 1.29 is 4.74 Å². The summed E-state index contributed by atoms with van der Waals surface area (Å²) in [7, 11) is 1.71. The van der Waals surface area contributed by atoms with Gasteiger partial charge in [0.25, 0.3) is 0 Å². The molecule has 0 aliphatic heterocycles. The first-order valence-electron chi connectivity index (χ1n) is 6.41. The lowest BCUT2D eigenvalue weighted by Gasteiger charge is -2.25. The number of halogens is 1. The Morgan fingerprint density at radius 3 is 2.00 bits per heavy atom. The van der Waals surface area contributed by atoms with Gasteiger partial charge in [0.1, 0.15) is 5.75 Å². The second-order valence-corrected chi connectivity index (χ2v) is 7.55. The van der Waals surface area contributed by atoms with Crippen LogP contribution >= 0.6 is 11.6 Å². The lowest BCUT2D eigenvalue weighted by molar-refractivity contribution is 0.391. The third kappa shape index (κ3) is 3.91. The quantitative estimate of drug-likeness (QED) is 0.713. The fourth-order valence-electron chi connectivity index (χ4n) is 2.24. The van der Waals surface area contributed by atoms with Crippen LogP contribution < -0.4 is 4.74 Å². The highest BCUT2D eigenvalue weighted by molar-refractivity contribution is 6.31. The molecule has 0 aliphatic rings. The number of hydrogen-bond acceptors (Lipinski definition) is 1. The first-order valence-corrected chi connectivity index (χ1v) is 6.79. The molecule has 0 aromatic heterocycles. The Balaban J connectivity index is 3.28. The van der Waals surface area contributed by atoms with E-state index < -0.39 is 0 Å². The molecule has 0 radical (unpaired) electrons. The standard InChI is InChI=1S/C16H25ClO/c1-15(2,3)10-11-8-12(17)14(16(4,5)6)13(9-11)18-7/h8-9H,10H2,1-7H3. The molecule has 0 saturated carbocycles. The Hall–Kier alpha value is -0.690. The first kappa shape index (κ1) is 15.4. The average molecular weight is 269 g/mol. The van der Waals surface area contributed by atoms with Crippen molar-refractivity contribution in [1.82, 2.24) is 0 Å². The maximum absolute atomic E-state index is 6.45. The largest absolute Gasteiger partial charge is 0.496 e. The van der Waals surface area contributed by atoms with Crippen LogP contribution in [0, 0.1) is 5.41 Å². The van der Waals surface area contributed by atoms with Crippen LogP contribution in [0.25, 0.3) is 0 Å². The molecule has 0 N–H and O–H groups in total. The van der Waals surface area contributed by atoms with Crippen LogP contribution in [-0.2, 0) is 11.8 Å². The van der Waals surface area contributed by atoms with Crippen molar-refractivity contribution in [3.05, 3.63) is 28.3 Å². The molecule has 18 heavy (non-hydrogen) atoms. The molecule has 0 atom stereocenters. The van der Waals surface area contributed by atoms with Crippen LogP contribution in [0.1, 0.15) is 52.7 Å². The monoisotopic (exact) mass is 268 g/mol. The Morgan fingerprint density at radius 1 is 1.06 bits per heavy atom. The van der Waals surface area contributed by atoms with Gasteiger partial charge < -0.3 is 4.74 Å². The number of hydrogen-bond donors (Lipinski definition) is 0. The Morgan fingerprint density at radius 2 is 1.61 bits per heavy atom. The maximum Gasteiger partial charge on any atom is 0.124 e. The van der Waals surface area contributed by atoms with Crippen LogP contribution in [-0.4, -0.2) is 7.11 Å². The van der Waals surface area contributed by atoms with Gasteiger partial charge in [0.15, 0.2) is 0 Å². The van der Waals surface area contributed by atoms with Gasteiger partial charge in [-0.05, 0) is 34.9 Å². The summed E-state index contributed by atoms with van der Waals surface area (Å²) in [6.07, 6.45) is 0.994. The van der Waals surface area contributed by atoms with Gasteiger partial charge in [-0.1, -0.05) is 53.1 Å². The summed E-state index contributed by atoms with van der Waals surface area (Å²) in [6.45, 7) is 13.1. The Bertz CT molecular complexity index is 422. The fourth-order valence-corrected chi connectivity index (χ4v) is 2.75. The van der Waals surface area contributed by atoms with E-state index in [1.54, 1.807) is 7.11 Å². The molecular weight excluding hydrogens is 244 g/mol. The van der Waals surface area contributed by atoms with Crippen molar-refractivity contribution in [2.24, 2.45) is 5.41 Å². The van der Waals surface area contributed by atoms with E-state index in [1.165, 1.54) is 5.56 Å². The van der Waals surface area contributed by atoms with Crippen molar-refractivity contribution in [1.29, 1.82) is 0 Å². The van der Waals surface area contributed by atoms with E-state index in [2.05, 4.69) is 53.7 Å². The van der Waals surface area contributed by atoms with Crippen LogP contribution in [0.4, 0.5) is 0 Å². The zero-order chi connectivity index (χ0) is 14.1. The minimum absolute atomic E-state index is 0.0112. The lowest BCUT2D eigenvalue weighted by Crippen LogP contribution is -2.15. The van der Waals surface area contributed by atoms with E-state index in [9.17, 15) is 0 Å². The maximum atomic E-state index is 6.45. The summed E-state index contributed by atoms with van der Waals surface area (Å²) < 4.78 is 5.52. The number of ether oxygens (including phenoxy) is 1. The van der Waals surface area contributed by atoms with Crippen molar-refractivity contribution in [2.45, 2.75) is 53.4 Å². The molecule has 0 unspecified atom stereocenters. The highest BCUT2D eigenvalue weighted by atomic mass is 35.5. The summed E-state index contributed by atoms with van der Waals surface area (Å²) >= 11 is 6.45.